The highest BCUT2D eigenvalue weighted by Crippen LogP contribution is 2.48. The molecule has 1 aromatic rings. The molecule has 0 aromatic heterocycles. The van der Waals surface area contributed by atoms with Crippen LogP contribution in [0.4, 0.5) is 0 Å². The summed E-state index contributed by atoms with van der Waals surface area (Å²) in [5.74, 6) is -1.60. The molecule has 6 heteroatoms. The highest BCUT2D eigenvalue weighted by Gasteiger charge is 2.51. The van der Waals surface area contributed by atoms with Gasteiger partial charge in [-0.15, -0.1) is 0 Å². The van der Waals surface area contributed by atoms with Crippen molar-refractivity contribution >= 4 is 27.8 Å². The van der Waals surface area contributed by atoms with E-state index in [0.29, 0.717) is 0 Å². The van der Waals surface area contributed by atoms with E-state index in [2.05, 4.69) is 21.2 Å². The van der Waals surface area contributed by atoms with E-state index < -0.39 is 17.0 Å². The Balaban J connectivity index is 2.08. The Hall–Kier alpha value is -1.40. The summed E-state index contributed by atoms with van der Waals surface area (Å²) >= 11 is 3.37. The van der Waals surface area contributed by atoms with Crippen LogP contribution in [0.3, 0.4) is 0 Å². The van der Waals surface area contributed by atoms with E-state index in [-0.39, 0.29) is 12.5 Å². The largest absolute Gasteiger partial charge is 0.479 e. The first-order valence-corrected chi connectivity index (χ1v) is 7.07. The number of hydrogen-bond donors (Lipinski definition) is 3. The molecule has 0 heterocycles. The summed E-state index contributed by atoms with van der Waals surface area (Å²) in [4.78, 5) is 23.1. The van der Waals surface area contributed by atoms with E-state index in [9.17, 15) is 14.7 Å². The van der Waals surface area contributed by atoms with Crippen LogP contribution in [0.25, 0.3) is 0 Å². The molecule has 0 aliphatic heterocycles. The van der Waals surface area contributed by atoms with Crippen LogP contribution in [0.1, 0.15) is 25.3 Å². The van der Waals surface area contributed by atoms with Crippen molar-refractivity contribution in [2.45, 2.75) is 30.8 Å². The van der Waals surface area contributed by atoms with Gasteiger partial charge in [0.05, 0.1) is 12.0 Å². The minimum absolute atomic E-state index is 0.239. The van der Waals surface area contributed by atoms with Gasteiger partial charge in [0.2, 0.25) is 5.91 Å². The van der Waals surface area contributed by atoms with E-state index >= 15 is 0 Å². The molecule has 20 heavy (non-hydrogen) atoms. The maximum atomic E-state index is 12.3. The minimum atomic E-state index is -1.96. The predicted molar refractivity (Wildman–Crippen MR) is 76.3 cm³/mol. The fraction of sp³-hybridized carbons (Fsp3) is 0.429. The SMILES string of the molecule is CC(O)(CNC(=O)C1(c2cccc(Br)c2)CC1)C(=O)O. The molecule has 108 valence electrons. The van der Waals surface area contributed by atoms with Crippen LogP contribution < -0.4 is 5.32 Å². The Bertz CT molecular complexity index is 552. The number of carbonyl (C=O) groups excluding carboxylic acids is 1. The molecular weight excluding hydrogens is 326 g/mol. The van der Waals surface area contributed by atoms with Crippen molar-refractivity contribution in [2.24, 2.45) is 0 Å². The van der Waals surface area contributed by atoms with Gasteiger partial charge in [-0.1, -0.05) is 28.1 Å². The maximum absolute atomic E-state index is 12.3. The zero-order valence-electron chi connectivity index (χ0n) is 11.0. The molecule has 0 radical (unpaired) electrons. The molecule has 2 rings (SSSR count). The van der Waals surface area contributed by atoms with Gasteiger partial charge in [0.1, 0.15) is 0 Å². The Morgan fingerprint density at radius 3 is 2.60 bits per heavy atom. The third-order valence-corrected chi connectivity index (χ3v) is 4.11. The number of rotatable bonds is 5. The first kappa shape index (κ1) is 15.0. The molecular formula is C14H16BrNO4. The van der Waals surface area contributed by atoms with E-state index in [1.54, 1.807) is 0 Å². The zero-order chi connectivity index (χ0) is 15.0. The number of hydrogen-bond acceptors (Lipinski definition) is 3. The number of carboxylic acid groups (broad SMARTS) is 1. The number of aliphatic hydroxyl groups is 1. The van der Waals surface area contributed by atoms with Crippen LogP contribution in [0.2, 0.25) is 0 Å². The van der Waals surface area contributed by atoms with Crippen LogP contribution >= 0.6 is 15.9 Å². The van der Waals surface area contributed by atoms with Crippen molar-refractivity contribution in [1.29, 1.82) is 0 Å². The number of halogens is 1. The van der Waals surface area contributed by atoms with Gasteiger partial charge in [0.25, 0.3) is 0 Å². The molecule has 0 bridgehead atoms. The molecule has 1 atom stereocenters. The number of nitrogens with one attached hydrogen (secondary N) is 1. The molecule has 1 unspecified atom stereocenters. The van der Waals surface area contributed by atoms with Crippen LogP contribution in [-0.4, -0.2) is 34.2 Å². The Labute approximate surface area is 125 Å². The molecule has 1 aliphatic rings. The third-order valence-electron chi connectivity index (χ3n) is 3.62. The number of carboxylic acids is 1. The summed E-state index contributed by atoms with van der Waals surface area (Å²) < 4.78 is 0.895. The maximum Gasteiger partial charge on any atom is 0.337 e. The van der Waals surface area contributed by atoms with Crippen LogP contribution in [0.5, 0.6) is 0 Å². The first-order chi connectivity index (χ1) is 9.28. The van der Waals surface area contributed by atoms with Crippen molar-refractivity contribution < 1.29 is 19.8 Å². The average Bonchev–Trinajstić information content (AvgIpc) is 3.17. The molecule has 1 amide bonds. The first-order valence-electron chi connectivity index (χ1n) is 6.28. The minimum Gasteiger partial charge on any atom is -0.479 e. The Kier molecular flexibility index (Phi) is 3.88. The Morgan fingerprint density at radius 1 is 1.45 bits per heavy atom. The summed E-state index contributed by atoms with van der Waals surface area (Å²) in [6, 6.07) is 7.52. The van der Waals surface area contributed by atoms with E-state index in [0.717, 1.165) is 29.8 Å². The van der Waals surface area contributed by atoms with Gasteiger partial charge in [-0.25, -0.2) is 4.79 Å². The van der Waals surface area contributed by atoms with Gasteiger partial charge in [0, 0.05) is 4.47 Å². The van der Waals surface area contributed by atoms with Gasteiger partial charge in [-0.05, 0) is 37.5 Å². The predicted octanol–water partition coefficient (Wildman–Crippen LogP) is 1.43. The van der Waals surface area contributed by atoms with Crippen molar-refractivity contribution in [3.63, 3.8) is 0 Å². The van der Waals surface area contributed by atoms with Gasteiger partial charge in [-0.2, -0.15) is 0 Å². The van der Waals surface area contributed by atoms with Crippen LogP contribution in [0, 0.1) is 0 Å². The molecule has 5 nitrogen and oxygen atoms in total. The summed E-state index contributed by atoms with van der Waals surface area (Å²) in [6.07, 6.45) is 1.45. The number of aliphatic carboxylic acids is 1. The normalized spacial score (nSPS) is 18.9. The molecule has 1 aliphatic carbocycles. The number of benzene rings is 1. The van der Waals surface area contributed by atoms with E-state index in [1.807, 2.05) is 24.3 Å². The fourth-order valence-electron chi connectivity index (χ4n) is 2.06. The monoisotopic (exact) mass is 341 g/mol. The quantitative estimate of drug-likeness (QED) is 0.756. The van der Waals surface area contributed by atoms with Crippen molar-refractivity contribution in [3.8, 4) is 0 Å². The Morgan fingerprint density at radius 2 is 2.10 bits per heavy atom. The van der Waals surface area contributed by atoms with E-state index in [4.69, 9.17) is 5.11 Å². The summed E-state index contributed by atoms with van der Waals surface area (Å²) in [5.41, 5.74) is -1.64. The van der Waals surface area contributed by atoms with Gasteiger partial charge < -0.3 is 15.5 Å². The summed E-state index contributed by atoms with van der Waals surface area (Å²) in [5, 5.41) is 21.0. The summed E-state index contributed by atoms with van der Waals surface area (Å²) in [7, 11) is 0. The van der Waals surface area contributed by atoms with Gasteiger partial charge in [0.15, 0.2) is 5.60 Å². The smallest absolute Gasteiger partial charge is 0.337 e. The van der Waals surface area contributed by atoms with Crippen LogP contribution in [-0.2, 0) is 15.0 Å². The standard InChI is InChI=1S/C14H16BrNO4/c1-13(20,12(18)19)8-16-11(17)14(5-6-14)9-3-2-4-10(15)7-9/h2-4,7,20H,5-6,8H2,1H3,(H,16,17)(H,18,19). The number of carbonyl (C=O) groups is 2. The van der Waals surface area contributed by atoms with Crippen molar-refractivity contribution in [3.05, 3.63) is 34.3 Å². The molecule has 1 fully saturated rings. The van der Waals surface area contributed by atoms with Gasteiger partial charge in [-0.3, -0.25) is 4.79 Å². The number of amides is 1. The lowest BCUT2D eigenvalue weighted by molar-refractivity contribution is -0.156. The fourth-order valence-corrected chi connectivity index (χ4v) is 2.45. The second kappa shape index (κ2) is 5.18. The lowest BCUT2D eigenvalue weighted by Gasteiger charge is -2.21. The lowest BCUT2D eigenvalue weighted by Crippen LogP contribution is -2.48. The molecule has 0 saturated heterocycles. The zero-order valence-corrected chi connectivity index (χ0v) is 12.6. The third kappa shape index (κ3) is 2.86. The van der Waals surface area contributed by atoms with E-state index in [1.165, 1.54) is 0 Å². The second-order valence-corrected chi connectivity index (χ2v) is 6.27. The lowest BCUT2D eigenvalue weighted by atomic mass is 9.94. The van der Waals surface area contributed by atoms with Crippen molar-refractivity contribution in [1.82, 2.24) is 5.32 Å². The molecule has 3 N–H and O–H groups in total. The van der Waals surface area contributed by atoms with Gasteiger partial charge >= 0.3 is 5.97 Å². The second-order valence-electron chi connectivity index (χ2n) is 5.35. The highest BCUT2D eigenvalue weighted by molar-refractivity contribution is 9.10. The van der Waals surface area contributed by atoms with Crippen LogP contribution in [0.15, 0.2) is 28.7 Å². The average molecular weight is 342 g/mol. The molecule has 1 saturated carbocycles. The molecule has 0 spiro atoms. The van der Waals surface area contributed by atoms with Crippen molar-refractivity contribution in [2.75, 3.05) is 6.54 Å². The molecule has 1 aromatic carbocycles. The topological polar surface area (TPSA) is 86.6 Å². The summed E-state index contributed by atoms with van der Waals surface area (Å²) in [6.45, 7) is 0.852. The highest BCUT2D eigenvalue weighted by atomic mass is 79.9.